The second-order valence-corrected chi connectivity index (χ2v) is 4.44. The summed E-state index contributed by atoms with van der Waals surface area (Å²) in [6.45, 7) is 4.03. The van der Waals surface area contributed by atoms with Crippen LogP contribution in [0, 0.1) is 5.92 Å². The highest BCUT2D eigenvalue weighted by atomic mass is 16.5. The summed E-state index contributed by atoms with van der Waals surface area (Å²) in [6, 6.07) is 0. The fraction of sp³-hybridized carbons (Fsp3) is 0.667. The Morgan fingerprint density at radius 3 is 2.88 bits per heavy atom. The molecule has 0 saturated carbocycles. The minimum atomic E-state index is 0.192. The number of carbonyl (C=O) groups excluding carboxylic acids is 1. The molecule has 1 fully saturated rings. The Kier molecular flexibility index (Phi) is 3.59. The van der Waals surface area contributed by atoms with Crippen LogP contribution in [0.15, 0.2) is 17.0 Å². The Bertz CT molecular complexity index is 327. The number of carbonyl (C=O) groups is 1. The van der Waals surface area contributed by atoms with Crippen molar-refractivity contribution in [3.8, 4) is 0 Å². The number of rotatable bonds is 3. The van der Waals surface area contributed by atoms with Crippen LogP contribution in [0.3, 0.4) is 0 Å². The number of amides is 1. The SMILES string of the molecule is CCC1CCN(C(=O)Cc2cnoc2)CC1. The van der Waals surface area contributed by atoms with E-state index >= 15 is 0 Å². The fourth-order valence-corrected chi connectivity index (χ4v) is 2.19. The van der Waals surface area contributed by atoms with Gasteiger partial charge in [0.25, 0.3) is 0 Å². The molecule has 1 amide bonds. The summed E-state index contributed by atoms with van der Waals surface area (Å²) in [4.78, 5) is 13.9. The molecule has 2 rings (SSSR count). The molecule has 2 heterocycles. The second kappa shape index (κ2) is 5.14. The van der Waals surface area contributed by atoms with Crippen LogP contribution < -0.4 is 0 Å². The summed E-state index contributed by atoms with van der Waals surface area (Å²) in [5, 5.41) is 3.60. The fourth-order valence-electron chi connectivity index (χ4n) is 2.19. The molecule has 0 atom stereocenters. The summed E-state index contributed by atoms with van der Waals surface area (Å²) in [6.07, 6.45) is 7.08. The summed E-state index contributed by atoms with van der Waals surface area (Å²) < 4.78 is 4.72. The predicted molar refractivity (Wildman–Crippen MR) is 59.8 cm³/mol. The van der Waals surface area contributed by atoms with Crippen LogP contribution in [-0.2, 0) is 11.2 Å². The number of hydrogen-bond donors (Lipinski definition) is 0. The van der Waals surface area contributed by atoms with Crippen molar-refractivity contribution in [2.24, 2.45) is 5.92 Å². The summed E-state index contributed by atoms with van der Waals surface area (Å²) in [5.74, 6) is 0.998. The van der Waals surface area contributed by atoms with E-state index in [2.05, 4.69) is 12.1 Å². The van der Waals surface area contributed by atoms with Crippen LogP contribution >= 0.6 is 0 Å². The molecule has 0 radical (unpaired) electrons. The number of piperidine rings is 1. The minimum Gasteiger partial charge on any atom is -0.364 e. The molecule has 1 aromatic heterocycles. The molecule has 0 spiro atoms. The van der Waals surface area contributed by atoms with E-state index in [4.69, 9.17) is 4.52 Å². The Labute approximate surface area is 95.6 Å². The maximum Gasteiger partial charge on any atom is 0.227 e. The van der Waals surface area contributed by atoms with E-state index in [1.54, 1.807) is 6.20 Å². The van der Waals surface area contributed by atoms with Crippen molar-refractivity contribution in [1.29, 1.82) is 0 Å². The Morgan fingerprint density at radius 1 is 1.56 bits per heavy atom. The van der Waals surface area contributed by atoms with Gasteiger partial charge in [0, 0.05) is 18.7 Å². The van der Waals surface area contributed by atoms with Crippen LogP contribution in [0.1, 0.15) is 31.7 Å². The van der Waals surface area contributed by atoms with Gasteiger partial charge >= 0.3 is 0 Å². The second-order valence-electron chi connectivity index (χ2n) is 4.44. The van der Waals surface area contributed by atoms with E-state index in [-0.39, 0.29) is 5.91 Å². The van der Waals surface area contributed by atoms with Gasteiger partial charge in [-0.05, 0) is 18.8 Å². The van der Waals surface area contributed by atoms with Gasteiger partial charge in [0.2, 0.25) is 5.91 Å². The first kappa shape index (κ1) is 11.2. The van der Waals surface area contributed by atoms with Crippen molar-refractivity contribution >= 4 is 5.91 Å². The van der Waals surface area contributed by atoms with Gasteiger partial charge in [-0.3, -0.25) is 4.79 Å². The predicted octanol–water partition coefficient (Wildman–Crippen LogP) is 1.87. The van der Waals surface area contributed by atoms with Crippen LogP contribution in [-0.4, -0.2) is 29.1 Å². The molecule has 16 heavy (non-hydrogen) atoms. The first-order chi connectivity index (χ1) is 7.79. The molecular formula is C12H18N2O2. The minimum absolute atomic E-state index is 0.192. The van der Waals surface area contributed by atoms with Crippen molar-refractivity contribution in [2.75, 3.05) is 13.1 Å². The highest BCUT2D eigenvalue weighted by Crippen LogP contribution is 2.20. The van der Waals surface area contributed by atoms with E-state index < -0.39 is 0 Å². The molecular weight excluding hydrogens is 204 g/mol. The van der Waals surface area contributed by atoms with E-state index in [0.29, 0.717) is 6.42 Å². The van der Waals surface area contributed by atoms with Gasteiger partial charge in [0.1, 0.15) is 6.26 Å². The molecule has 1 aliphatic heterocycles. The topological polar surface area (TPSA) is 46.3 Å². The maximum absolute atomic E-state index is 11.9. The first-order valence-electron chi connectivity index (χ1n) is 5.95. The van der Waals surface area contributed by atoms with E-state index in [1.165, 1.54) is 12.7 Å². The van der Waals surface area contributed by atoms with Crippen molar-refractivity contribution in [3.05, 3.63) is 18.0 Å². The lowest BCUT2D eigenvalue weighted by atomic mass is 9.94. The lowest BCUT2D eigenvalue weighted by Gasteiger charge is -2.31. The van der Waals surface area contributed by atoms with Gasteiger partial charge in [0.15, 0.2) is 0 Å². The molecule has 0 N–H and O–H groups in total. The van der Waals surface area contributed by atoms with Crippen LogP contribution in [0.25, 0.3) is 0 Å². The molecule has 1 aromatic rings. The molecule has 0 aliphatic carbocycles. The third-order valence-corrected chi connectivity index (χ3v) is 3.38. The zero-order valence-electron chi connectivity index (χ0n) is 9.69. The van der Waals surface area contributed by atoms with Gasteiger partial charge in [0.05, 0.1) is 12.6 Å². The van der Waals surface area contributed by atoms with Crippen molar-refractivity contribution in [3.63, 3.8) is 0 Å². The molecule has 4 heteroatoms. The highest BCUT2D eigenvalue weighted by Gasteiger charge is 2.21. The van der Waals surface area contributed by atoms with Gasteiger partial charge in [-0.2, -0.15) is 0 Å². The number of hydrogen-bond acceptors (Lipinski definition) is 3. The largest absolute Gasteiger partial charge is 0.364 e. The van der Waals surface area contributed by atoms with E-state index in [0.717, 1.165) is 37.4 Å². The number of aromatic nitrogens is 1. The summed E-state index contributed by atoms with van der Waals surface area (Å²) >= 11 is 0. The molecule has 88 valence electrons. The van der Waals surface area contributed by atoms with Gasteiger partial charge in [-0.25, -0.2) is 0 Å². The highest BCUT2D eigenvalue weighted by molar-refractivity contribution is 5.78. The zero-order valence-corrected chi connectivity index (χ0v) is 9.69. The van der Waals surface area contributed by atoms with Gasteiger partial charge in [-0.15, -0.1) is 0 Å². The standard InChI is InChI=1S/C12H18N2O2/c1-2-10-3-5-14(6-4-10)12(15)7-11-8-13-16-9-11/h8-10H,2-7H2,1H3. The van der Waals surface area contributed by atoms with Crippen LogP contribution in [0.4, 0.5) is 0 Å². The Balaban J connectivity index is 1.82. The average Bonchev–Trinajstić information content (AvgIpc) is 2.82. The Morgan fingerprint density at radius 2 is 2.31 bits per heavy atom. The van der Waals surface area contributed by atoms with Crippen molar-refractivity contribution in [2.45, 2.75) is 32.6 Å². The molecule has 0 aromatic carbocycles. The average molecular weight is 222 g/mol. The maximum atomic E-state index is 11.9. The lowest BCUT2D eigenvalue weighted by molar-refractivity contribution is -0.131. The van der Waals surface area contributed by atoms with Crippen molar-refractivity contribution < 1.29 is 9.32 Å². The third kappa shape index (κ3) is 2.62. The quantitative estimate of drug-likeness (QED) is 0.784. The van der Waals surface area contributed by atoms with E-state index in [1.807, 2.05) is 4.90 Å². The third-order valence-electron chi connectivity index (χ3n) is 3.38. The monoisotopic (exact) mass is 222 g/mol. The smallest absolute Gasteiger partial charge is 0.227 e. The number of likely N-dealkylation sites (tertiary alicyclic amines) is 1. The molecule has 1 saturated heterocycles. The van der Waals surface area contributed by atoms with Gasteiger partial charge in [-0.1, -0.05) is 18.5 Å². The van der Waals surface area contributed by atoms with Crippen LogP contribution in [0.2, 0.25) is 0 Å². The lowest BCUT2D eigenvalue weighted by Crippen LogP contribution is -2.39. The first-order valence-corrected chi connectivity index (χ1v) is 5.95. The molecule has 4 nitrogen and oxygen atoms in total. The Hall–Kier alpha value is -1.32. The normalized spacial score (nSPS) is 17.7. The molecule has 1 aliphatic rings. The molecule has 0 bridgehead atoms. The molecule has 0 unspecified atom stereocenters. The van der Waals surface area contributed by atoms with E-state index in [9.17, 15) is 4.79 Å². The van der Waals surface area contributed by atoms with Crippen LogP contribution in [0.5, 0.6) is 0 Å². The summed E-state index contributed by atoms with van der Waals surface area (Å²) in [5.41, 5.74) is 0.864. The van der Waals surface area contributed by atoms with Gasteiger partial charge < -0.3 is 9.42 Å². The van der Waals surface area contributed by atoms with Crippen molar-refractivity contribution in [1.82, 2.24) is 10.1 Å². The summed E-state index contributed by atoms with van der Waals surface area (Å²) in [7, 11) is 0. The number of nitrogens with zero attached hydrogens (tertiary/aromatic N) is 2. The zero-order chi connectivity index (χ0) is 11.4.